The monoisotopic (exact) mass is 415 g/mol. The summed E-state index contributed by atoms with van der Waals surface area (Å²) < 4.78 is 16.0. The summed E-state index contributed by atoms with van der Waals surface area (Å²) in [4.78, 5) is 21.0. The fraction of sp³-hybridized carbons (Fsp3) is 0.0909. The number of nitrogens with zero attached hydrogens (tertiary/aromatic N) is 3. The minimum atomic E-state index is -0.382. The lowest BCUT2D eigenvalue weighted by Crippen LogP contribution is -2.20. The highest BCUT2D eigenvalue weighted by Crippen LogP contribution is 2.34. The summed E-state index contributed by atoms with van der Waals surface area (Å²) in [7, 11) is 0. The molecule has 0 saturated carbocycles. The molecule has 0 bridgehead atoms. The largest absolute Gasteiger partial charge is 0.454 e. The van der Waals surface area contributed by atoms with Crippen LogP contribution < -0.4 is 20.1 Å². The molecule has 5 rings (SSSR count). The van der Waals surface area contributed by atoms with Crippen LogP contribution in [0.25, 0.3) is 11.4 Å². The predicted molar refractivity (Wildman–Crippen MR) is 112 cm³/mol. The van der Waals surface area contributed by atoms with Gasteiger partial charge in [0.15, 0.2) is 11.5 Å². The molecule has 1 aliphatic rings. The van der Waals surface area contributed by atoms with Crippen molar-refractivity contribution in [1.82, 2.24) is 15.1 Å². The van der Waals surface area contributed by atoms with E-state index in [9.17, 15) is 4.79 Å². The van der Waals surface area contributed by atoms with Crippen LogP contribution in [-0.2, 0) is 6.42 Å². The number of benzene rings is 2. The van der Waals surface area contributed by atoms with Crippen molar-refractivity contribution in [1.29, 1.82) is 0 Å². The molecule has 2 aromatic heterocycles. The van der Waals surface area contributed by atoms with Gasteiger partial charge in [-0.1, -0.05) is 23.4 Å². The number of urea groups is 1. The molecule has 3 heterocycles. The highest BCUT2D eigenvalue weighted by molar-refractivity contribution is 6.00. The van der Waals surface area contributed by atoms with Gasteiger partial charge in [0.2, 0.25) is 18.5 Å². The first-order chi connectivity index (χ1) is 15.2. The molecular formula is C22H17N5O4. The molecule has 0 aliphatic carbocycles. The number of carbonyl (C=O) groups excluding carboxylic acids is 1. The lowest BCUT2D eigenvalue weighted by Gasteiger charge is -2.11. The molecule has 4 aromatic rings. The van der Waals surface area contributed by atoms with E-state index >= 15 is 0 Å². The molecule has 31 heavy (non-hydrogen) atoms. The Kier molecular flexibility index (Phi) is 4.89. The molecule has 0 radical (unpaired) electrons. The van der Waals surface area contributed by atoms with Gasteiger partial charge < -0.3 is 24.6 Å². The molecule has 0 saturated heterocycles. The van der Waals surface area contributed by atoms with Gasteiger partial charge in [0.05, 0.1) is 6.42 Å². The predicted octanol–water partition coefficient (Wildman–Crippen LogP) is 4.10. The Labute approximate surface area is 177 Å². The molecule has 2 aromatic carbocycles. The van der Waals surface area contributed by atoms with Gasteiger partial charge in [-0.3, -0.25) is 4.98 Å². The number of anilines is 2. The van der Waals surface area contributed by atoms with Crippen molar-refractivity contribution in [3.8, 4) is 22.9 Å². The Morgan fingerprint density at radius 1 is 1.00 bits per heavy atom. The number of nitrogens with one attached hydrogen (secondary N) is 2. The van der Waals surface area contributed by atoms with E-state index in [0.29, 0.717) is 41.0 Å². The van der Waals surface area contributed by atoms with Crippen molar-refractivity contribution in [2.24, 2.45) is 0 Å². The van der Waals surface area contributed by atoms with Crippen molar-refractivity contribution >= 4 is 17.4 Å². The van der Waals surface area contributed by atoms with Gasteiger partial charge in [-0.25, -0.2) is 4.79 Å². The average molecular weight is 415 g/mol. The summed E-state index contributed by atoms with van der Waals surface area (Å²) >= 11 is 0. The lowest BCUT2D eigenvalue weighted by molar-refractivity contribution is 0.174. The Morgan fingerprint density at radius 3 is 2.81 bits per heavy atom. The molecule has 154 valence electrons. The molecule has 9 heteroatoms. The van der Waals surface area contributed by atoms with Gasteiger partial charge in [0, 0.05) is 35.4 Å². The van der Waals surface area contributed by atoms with E-state index in [0.717, 1.165) is 11.1 Å². The van der Waals surface area contributed by atoms with Gasteiger partial charge in [-0.2, -0.15) is 4.98 Å². The van der Waals surface area contributed by atoms with E-state index in [1.165, 1.54) is 0 Å². The topological polar surface area (TPSA) is 111 Å². The van der Waals surface area contributed by atoms with E-state index < -0.39 is 0 Å². The van der Waals surface area contributed by atoms with Crippen molar-refractivity contribution in [3.05, 3.63) is 78.4 Å². The Balaban J connectivity index is 1.28. The zero-order valence-corrected chi connectivity index (χ0v) is 16.2. The summed E-state index contributed by atoms with van der Waals surface area (Å²) in [5.74, 6) is 2.15. The van der Waals surface area contributed by atoms with Crippen molar-refractivity contribution in [3.63, 3.8) is 0 Å². The zero-order valence-electron chi connectivity index (χ0n) is 16.2. The summed E-state index contributed by atoms with van der Waals surface area (Å²) in [6.45, 7) is 0.177. The third kappa shape index (κ3) is 4.15. The Bertz CT molecular complexity index is 1230. The third-order valence-electron chi connectivity index (χ3n) is 4.63. The van der Waals surface area contributed by atoms with E-state index in [1.54, 1.807) is 30.6 Å². The van der Waals surface area contributed by atoms with Crippen molar-refractivity contribution in [2.75, 3.05) is 17.4 Å². The number of rotatable bonds is 5. The number of amides is 2. The lowest BCUT2D eigenvalue weighted by atomic mass is 10.1. The van der Waals surface area contributed by atoms with E-state index in [4.69, 9.17) is 14.0 Å². The number of aromatic nitrogens is 3. The fourth-order valence-corrected chi connectivity index (χ4v) is 3.16. The fourth-order valence-electron chi connectivity index (χ4n) is 3.16. The maximum atomic E-state index is 12.5. The maximum Gasteiger partial charge on any atom is 0.323 e. The normalized spacial score (nSPS) is 11.9. The molecule has 0 fully saturated rings. The minimum absolute atomic E-state index is 0.177. The van der Waals surface area contributed by atoms with Crippen LogP contribution in [0.4, 0.5) is 16.2 Å². The van der Waals surface area contributed by atoms with Crippen LogP contribution in [0.1, 0.15) is 11.5 Å². The Morgan fingerprint density at radius 2 is 1.90 bits per heavy atom. The van der Waals surface area contributed by atoms with E-state index in [-0.39, 0.29) is 12.8 Å². The highest BCUT2D eigenvalue weighted by Gasteiger charge is 2.15. The standard InChI is InChI=1S/C22H17N5O4/c28-22(24-16-7-8-18-19(11-16)30-13-29-18)25-17-6-2-1-4-14(17)10-20-26-21(27-31-20)15-5-3-9-23-12-15/h1-9,11-12H,10,13H2,(H2,24,25,28). The maximum absolute atomic E-state index is 12.5. The SMILES string of the molecule is O=C(Nc1ccc2c(c1)OCO2)Nc1ccccc1Cc1nc(-c2cccnc2)no1. The second-order valence-electron chi connectivity index (χ2n) is 6.73. The summed E-state index contributed by atoms with van der Waals surface area (Å²) in [5.41, 5.74) is 2.84. The van der Waals surface area contributed by atoms with Crippen LogP contribution in [0.15, 0.2) is 71.5 Å². The van der Waals surface area contributed by atoms with E-state index in [1.807, 2.05) is 36.4 Å². The zero-order chi connectivity index (χ0) is 21.0. The first kappa shape index (κ1) is 18.6. The molecule has 2 N–H and O–H groups in total. The number of pyridine rings is 1. The summed E-state index contributed by atoms with van der Waals surface area (Å²) in [5, 5.41) is 9.67. The van der Waals surface area contributed by atoms with Crippen LogP contribution in [-0.4, -0.2) is 27.9 Å². The molecule has 1 aliphatic heterocycles. The van der Waals surface area contributed by atoms with Crippen LogP contribution in [0.5, 0.6) is 11.5 Å². The average Bonchev–Trinajstić information content (AvgIpc) is 3.45. The van der Waals surface area contributed by atoms with Gasteiger partial charge in [0.25, 0.3) is 0 Å². The minimum Gasteiger partial charge on any atom is -0.454 e. The van der Waals surface area contributed by atoms with Crippen molar-refractivity contribution in [2.45, 2.75) is 6.42 Å². The number of ether oxygens (including phenoxy) is 2. The smallest absolute Gasteiger partial charge is 0.323 e. The van der Waals surface area contributed by atoms with Crippen molar-refractivity contribution < 1.29 is 18.8 Å². The van der Waals surface area contributed by atoms with Crippen LogP contribution in [0, 0.1) is 0 Å². The number of hydrogen-bond acceptors (Lipinski definition) is 7. The van der Waals surface area contributed by atoms with Gasteiger partial charge in [-0.15, -0.1) is 0 Å². The second-order valence-corrected chi connectivity index (χ2v) is 6.73. The molecule has 0 atom stereocenters. The van der Waals surface area contributed by atoms with Gasteiger partial charge in [0.1, 0.15) is 0 Å². The van der Waals surface area contributed by atoms with Gasteiger partial charge >= 0.3 is 6.03 Å². The molecule has 0 spiro atoms. The first-order valence-corrected chi connectivity index (χ1v) is 9.53. The van der Waals surface area contributed by atoms with Crippen LogP contribution in [0.2, 0.25) is 0 Å². The molecule has 0 unspecified atom stereocenters. The second kappa shape index (κ2) is 8.15. The molecule has 9 nitrogen and oxygen atoms in total. The van der Waals surface area contributed by atoms with Crippen LogP contribution >= 0.6 is 0 Å². The number of fused-ring (bicyclic) bond motifs is 1. The highest BCUT2D eigenvalue weighted by atomic mass is 16.7. The number of para-hydroxylation sites is 1. The third-order valence-corrected chi connectivity index (χ3v) is 4.63. The number of carbonyl (C=O) groups is 1. The van der Waals surface area contributed by atoms with E-state index in [2.05, 4.69) is 25.8 Å². The number of hydrogen-bond donors (Lipinski definition) is 2. The summed E-state index contributed by atoms with van der Waals surface area (Å²) in [6.07, 6.45) is 3.72. The molecule has 2 amide bonds. The quantitative estimate of drug-likeness (QED) is 0.505. The first-order valence-electron chi connectivity index (χ1n) is 9.53. The Hall–Kier alpha value is -4.40. The summed E-state index contributed by atoms with van der Waals surface area (Å²) in [6, 6.07) is 15.9. The van der Waals surface area contributed by atoms with Crippen LogP contribution in [0.3, 0.4) is 0 Å². The molecular weight excluding hydrogens is 398 g/mol. The van der Waals surface area contributed by atoms with Gasteiger partial charge in [-0.05, 0) is 35.9 Å².